The van der Waals surface area contributed by atoms with E-state index in [4.69, 9.17) is 9.39 Å². The third-order valence-corrected chi connectivity index (χ3v) is 4.12. The Bertz CT molecular complexity index is 779. The lowest BCUT2D eigenvalue weighted by Gasteiger charge is -2.11. The monoisotopic (exact) mass is 342 g/mol. The molecule has 0 saturated heterocycles. The van der Waals surface area contributed by atoms with E-state index in [0.29, 0.717) is 18.8 Å². The Hall–Kier alpha value is -2.29. The van der Waals surface area contributed by atoms with E-state index >= 15 is 0 Å². The van der Waals surface area contributed by atoms with Gasteiger partial charge in [-0.05, 0) is 42.9 Å². The third kappa shape index (κ3) is 3.87. The maximum Gasteiger partial charge on any atom is 0.492 e. The smallest absolute Gasteiger partial charge is 0.437 e. The van der Waals surface area contributed by atoms with E-state index in [-0.39, 0.29) is 23.8 Å². The van der Waals surface area contributed by atoms with Gasteiger partial charge in [0.05, 0.1) is 25.1 Å². The normalized spacial score (nSPS) is 14.3. The van der Waals surface area contributed by atoms with Crippen LogP contribution >= 0.6 is 0 Å². The van der Waals surface area contributed by atoms with Gasteiger partial charge in [-0.1, -0.05) is 6.07 Å². The number of carbonyl (C=O) groups excluding carboxylic acids is 1. The number of hydrogen-bond acceptors (Lipinski definition) is 7. The van der Waals surface area contributed by atoms with E-state index in [1.165, 1.54) is 12.4 Å². The highest BCUT2D eigenvalue weighted by Crippen LogP contribution is 2.25. The van der Waals surface area contributed by atoms with Crippen molar-refractivity contribution in [2.75, 3.05) is 0 Å². The van der Waals surface area contributed by atoms with Crippen molar-refractivity contribution < 1.29 is 24.3 Å². The molecule has 1 atom stereocenters. The summed E-state index contributed by atoms with van der Waals surface area (Å²) in [5.74, 6) is 0.628. The SMILES string of the molecule is Cc1c(Oc2cnc(C(=O)CCC(C)O)cn2)ccc2c1B(O)OC2. The summed E-state index contributed by atoms with van der Waals surface area (Å²) in [6.07, 6.45) is 2.82. The molecule has 0 saturated carbocycles. The highest BCUT2D eigenvalue weighted by Gasteiger charge is 2.30. The molecule has 1 aromatic carbocycles. The number of Topliss-reactive ketones (excluding diaryl/α,β-unsaturated/α-hetero) is 1. The third-order valence-electron chi connectivity index (χ3n) is 4.12. The van der Waals surface area contributed by atoms with Crippen molar-refractivity contribution in [1.82, 2.24) is 9.97 Å². The molecule has 0 amide bonds. The van der Waals surface area contributed by atoms with Gasteiger partial charge in [0.2, 0.25) is 5.88 Å². The summed E-state index contributed by atoms with van der Waals surface area (Å²) in [7, 11) is -0.946. The van der Waals surface area contributed by atoms with E-state index < -0.39 is 13.2 Å². The van der Waals surface area contributed by atoms with Crippen LogP contribution in [0.15, 0.2) is 24.5 Å². The second kappa shape index (κ2) is 7.31. The van der Waals surface area contributed by atoms with E-state index in [0.717, 1.165) is 16.6 Å². The fourth-order valence-electron chi connectivity index (χ4n) is 2.69. The molecule has 0 spiro atoms. The Morgan fingerprint density at radius 1 is 1.40 bits per heavy atom. The zero-order valence-electron chi connectivity index (χ0n) is 14.1. The summed E-state index contributed by atoms with van der Waals surface area (Å²) in [6.45, 7) is 3.85. The maximum atomic E-state index is 11.9. The first kappa shape index (κ1) is 17.5. The first-order valence-electron chi connectivity index (χ1n) is 8.09. The quantitative estimate of drug-likeness (QED) is 0.599. The van der Waals surface area contributed by atoms with Gasteiger partial charge in [0, 0.05) is 6.42 Å². The molecule has 2 aromatic rings. The van der Waals surface area contributed by atoms with Gasteiger partial charge in [0.1, 0.15) is 11.4 Å². The van der Waals surface area contributed by atoms with Crippen LogP contribution in [-0.2, 0) is 11.3 Å². The molecule has 0 bridgehead atoms. The zero-order chi connectivity index (χ0) is 18.0. The lowest BCUT2D eigenvalue weighted by Crippen LogP contribution is -2.30. The maximum absolute atomic E-state index is 11.9. The van der Waals surface area contributed by atoms with Gasteiger partial charge < -0.3 is 19.5 Å². The van der Waals surface area contributed by atoms with Gasteiger partial charge >= 0.3 is 7.12 Å². The van der Waals surface area contributed by atoms with Crippen molar-refractivity contribution >= 4 is 18.4 Å². The minimum atomic E-state index is -0.946. The molecule has 0 fully saturated rings. The Labute approximate surface area is 145 Å². The van der Waals surface area contributed by atoms with E-state index in [1.807, 2.05) is 13.0 Å². The number of aliphatic hydroxyl groups excluding tert-OH is 1. The molecule has 1 aromatic heterocycles. The van der Waals surface area contributed by atoms with Crippen LogP contribution in [0.4, 0.5) is 0 Å². The second-order valence-corrected chi connectivity index (χ2v) is 6.08. The van der Waals surface area contributed by atoms with Crippen LogP contribution < -0.4 is 10.2 Å². The zero-order valence-corrected chi connectivity index (χ0v) is 14.1. The van der Waals surface area contributed by atoms with Crippen molar-refractivity contribution in [3.05, 3.63) is 41.3 Å². The number of carbonyl (C=O) groups is 1. The fraction of sp³-hybridized carbons (Fsp3) is 0.353. The highest BCUT2D eigenvalue weighted by molar-refractivity contribution is 6.62. The summed E-state index contributed by atoms with van der Waals surface area (Å²) in [5.41, 5.74) is 2.67. The molecular weight excluding hydrogens is 323 g/mol. The Morgan fingerprint density at radius 2 is 2.20 bits per heavy atom. The molecule has 25 heavy (non-hydrogen) atoms. The van der Waals surface area contributed by atoms with Crippen molar-refractivity contribution in [2.24, 2.45) is 0 Å². The molecule has 0 aliphatic carbocycles. The minimum absolute atomic E-state index is 0.172. The van der Waals surface area contributed by atoms with Crippen molar-refractivity contribution in [3.8, 4) is 11.6 Å². The van der Waals surface area contributed by atoms with Gasteiger partial charge in [0.25, 0.3) is 0 Å². The number of benzene rings is 1. The van der Waals surface area contributed by atoms with E-state index in [2.05, 4.69) is 9.97 Å². The Kier molecular flexibility index (Phi) is 5.12. The van der Waals surface area contributed by atoms with E-state index in [1.54, 1.807) is 13.0 Å². The van der Waals surface area contributed by atoms with Gasteiger partial charge in [-0.25, -0.2) is 9.97 Å². The van der Waals surface area contributed by atoms with Crippen LogP contribution in [-0.4, -0.2) is 39.1 Å². The lowest BCUT2D eigenvalue weighted by atomic mass is 9.76. The number of rotatable bonds is 6. The predicted octanol–water partition coefficient (Wildman–Crippen LogP) is 1.14. The largest absolute Gasteiger partial charge is 0.492 e. The number of ether oxygens (including phenoxy) is 1. The molecule has 3 rings (SSSR count). The lowest BCUT2D eigenvalue weighted by molar-refractivity contribution is 0.0944. The number of ketones is 1. The van der Waals surface area contributed by atoms with E-state index in [9.17, 15) is 14.9 Å². The number of aromatic nitrogens is 2. The highest BCUT2D eigenvalue weighted by atomic mass is 16.5. The number of fused-ring (bicyclic) bond motifs is 1. The fourth-order valence-corrected chi connectivity index (χ4v) is 2.69. The number of hydrogen-bond donors (Lipinski definition) is 2. The molecule has 8 heteroatoms. The van der Waals surface area contributed by atoms with Crippen LogP contribution in [0.1, 0.15) is 41.4 Å². The van der Waals surface area contributed by atoms with Crippen LogP contribution in [0.25, 0.3) is 0 Å². The molecule has 1 unspecified atom stereocenters. The first-order valence-corrected chi connectivity index (χ1v) is 8.09. The van der Waals surface area contributed by atoms with Gasteiger partial charge in [0.15, 0.2) is 5.78 Å². The minimum Gasteiger partial charge on any atom is -0.437 e. The molecule has 2 N–H and O–H groups in total. The molecule has 0 radical (unpaired) electrons. The van der Waals surface area contributed by atoms with Crippen LogP contribution in [0.3, 0.4) is 0 Å². The molecule has 1 aliphatic heterocycles. The Morgan fingerprint density at radius 3 is 2.88 bits per heavy atom. The van der Waals surface area contributed by atoms with Crippen LogP contribution in [0.5, 0.6) is 11.6 Å². The van der Waals surface area contributed by atoms with Crippen molar-refractivity contribution in [3.63, 3.8) is 0 Å². The van der Waals surface area contributed by atoms with Gasteiger partial charge in [-0.3, -0.25) is 4.79 Å². The average molecular weight is 342 g/mol. The predicted molar refractivity (Wildman–Crippen MR) is 90.9 cm³/mol. The molecular formula is C17H19BN2O5. The topological polar surface area (TPSA) is 102 Å². The summed E-state index contributed by atoms with van der Waals surface area (Å²) in [5, 5.41) is 19.1. The summed E-state index contributed by atoms with van der Waals surface area (Å²) >= 11 is 0. The molecule has 2 heterocycles. The standard InChI is InChI=1S/C17H19BN2O5/c1-10(21)3-5-14(22)13-7-20-16(8-19-13)25-15-6-4-12-9-24-18(23)17(12)11(15)2/h4,6-8,10,21,23H,3,5,9H2,1-2H3. The van der Waals surface area contributed by atoms with Gasteiger partial charge in [-0.2, -0.15) is 0 Å². The van der Waals surface area contributed by atoms with Crippen molar-refractivity contribution in [1.29, 1.82) is 0 Å². The van der Waals surface area contributed by atoms with Gasteiger partial charge in [-0.15, -0.1) is 0 Å². The van der Waals surface area contributed by atoms with Crippen LogP contribution in [0.2, 0.25) is 0 Å². The first-order chi connectivity index (χ1) is 12.0. The number of nitrogens with zero attached hydrogens (tertiary/aromatic N) is 2. The molecule has 7 nitrogen and oxygen atoms in total. The number of aliphatic hydroxyl groups is 1. The van der Waals surface area contributed by atoms with Crippen molar-refractivity contribution in [2.45, 2.75) is 39.4 Å². The molecule has 1 aliphatic rings. The summed E-state index contributed by atoms with van der Waals surface area (Å²) < 4.78 is 10.9. The summed E-state index contributed by atoms with van der Waals surface area (Å²) in [6, 6.07) is 3.63. The second-order valence-electron chi connectivity index (χ2n) is 6.08. The average Bonchev–Trinajstić information content (AvgIpc) is 2.97. The summed E-state index contributed by atoms with van der Waals surface area (Å²) in [4.78, 5) is 20.1. The van der Waals surface area contributed by atoms with Crippen LogP contribution in [0, 0.1) is 6.92 Å². The Balaban J connectivity index is 1.72. The molecule has 130 valence electrons.